The maximum Gasteiger partial charge on any atom is 0.261 e. The summed E-state index contributed by atoms with van der Waals surface area (Å²) in [5, 5.41) is 8.52. The van der Waals surface area contributed by atoms with Crippen LogP contribution in [0.1, 0.15) is 28.6 Å². The number of aromatic nitrogens is 6. The summed E-state index contributed by atoms with van der Waals surface area (Å²) in [7, 11) is 0. The molecule has 2 N–H and O–H groups in total. The summed E-state index contributed by atoms with van der Waals surface area (Å²) in [6.07, 6.45) is 5.12. The summed E-state index contributed by atoms with van der Waals surface area (Å²) in [6.45, 7) is 2.14. The summed E-state index contributed by atoms with van der Waals surface area (Å²) >= 11 is 1.39. The molecule has 0 spiro atoms. The van der Waals surface area contributed by atoms with Crippen LogP contribution in [-0.4, -0.2) is 59.8 Å². The molecule has 0 saturated carbocycles. The second-order valence-corrected chi connectivity index (χ2v) is 11.2. The lowest BCUT2D eigenvalue weighted by atomic mass is 10.0. The number of thiophene rings is 1. The predicted molar refractivity (Wildman–Crippen MR) is 150 cm³/mol. The molecule has 1 aliphatic rings. The zero-order valence-corrected chi connectivity index (χ0v) is 22.2. The predicted octanol–water partition coefficient (Wildman–Crippen LogP) is 6.34. The number of halogens is 2. The number of aromatic amines is 2. The van der Waals surface area contributed by atoms with Crippen LogP contribution in [0.2, 0.25) is 0 Å². The van der Waals surface area contributed by atoms with Crippen molar-refractivity contribution in [1.82, 2.24) is 35.0 Å². The number of Topliss-reactive ketones (excluding diaryl/α,β-unsaturated/α-hetero) is 1. The van der Waals surface area contributed by atoms with E-state index in [-0.39, 0.29) is 18.7 Å². The first-order valence-corrected chi connectivity index (χ1v) is 13.6. The number of fused-ring (bicyclic) bond motifs is 2. The van der Waals surface area contributed by atoms with Gasteiger partial charge in [-0.2, -0.15) is 5.10 Å². The third-order valence-corrected chi connectivity index (χ3v) is 8.35. The maximum atomic E-state index is 13.7. The van der Waals surface area contributed by atoms with Gasteiger partial charge in [0.1, 0.15) is 16.9 Å². The molecule has 1 aromatic carbocycles. The van der Waals surface area contributed by atoms with Gasteiger partial charge in [0.2, 0.25) is 0 Å². The van der Waals surface area contributed by atoms with Crippen molar-refractivity contribution >= 4 is 39.1 Å². The zero-order chi connectivity index (χ0) is 27.4. The van der Waals surface area contributed by atoms with Gasteiger partial charge in [-0.3, -0.25) is 24.8 Å². The molecule has 0 bridgehead atoms. The number of rotatable bonds is 6. The minimum atomic E-state index is -2.62. The Morgan fingerprint density at radius 3 is 2.77 bits per heavy atom. The number of pyridine rings is 2. The average Bonchev–Trinajstić information content (AvgIpc) is 3.73. The van der Waals surface area contributed by atoms with Gasteiger partial charge in [-0.1, -0.05) is 6.07 Å². The lowest BCUT2D eigenvalue weighted by molar-refractivity contribution is 0.0115. The van der Waals surface area contributed by atoms with Crippen LogP contribution in [0, 0.1) is 0 Å². The first kappa shape index (κ1) is 24.7. The first-order chi connectivity index (χ1) is 19.3. The van der Waals surface area contributed by atoms with E-state index in [4.69, 9.17) is 4.98 Å². The Hall–Kier alpha value is -4.35. The Morgan fingerprint density at radius 2 is 1.98 bits per heavy atom. The number of H-pyrrole nitrogens is 2. The topological polar surface area (TPSA) is 103 Å². The second kappa shape index (κ2) is 9.39. The largest absolute Gasteiger partial charge is 0.336 e. The molecule has 0 aliphatic carbocycles. The number of carbonyl (C=O) groups excluding carboxylic acids is 1. The van der Waals surface area contributed by atoms with Crippen LogP contribution in [0.5, 0.6) is 0 Å². The number of nitrogens with zero attached hydrogens (tertiary/aromatic N) is 5. The Kier molecular flexibility index (Phi) is 5.79. The molecule has 1 aliphatic heterocycles. The Balaban J connectivity index is 1.24. The summed E-state index contributed by atoms with van der Waals surface area (Å²) in [4.78, 5) is 32.3. The van der Waals surface area contributed by atoms with Crippen LogP contribution in [0.25, 0.3) is 55.2 Å². The van der Waals surface area contributed by atoms with E-state index < -0.39 is 5.92 Å². The minimum absolute atomic E-state index is 0.0169. The van der Waals surface area contributed by atoms with Crippen molar-refractivity contribution in [1.29, 1.82) is 0 Å². The fraction of sp³-hybridized carbons (Fsp3) is 0.207. The third-order valence-electron chi connectivity index (χ3n) is 7.16. The highest BCUT2D eigenvalue weighted by atomic mass is 32.1. The van der Waals surface area contributed by atoms with Crippen molar-refractivity contribution in [2.45, 2.75) is 25.8 Å². The number of nitrogens with one attached hydrogen (secondary N) is 2. The summed E-state index contributed by atoms with van der Waals surface area (Å²) in [5.74, 6) is -2.01. The SMILES string of the molecule is CC(=O)c1ccc(-c2nccc3[nH]c(-c4n[nH]c5ccc(-c6cncc(CN7CCC(F)(F)C7)c6)cc45)nc23)s1. The zero-order valence-electron chi connectivity index (χ0n) is 21.4. The van der Waals surface area contributed by atoms with Gasteiger partial charge >= 0.3 is 0 Å². The number of imidazole rings is 1. The van der Waals surface area contributed by atoms with Gasteiger partial charge in [0, 0.05) is 49.1 Å². The standard InChI is InChI=1S/C29H23F2N7OS/c1-16(39)23-4-5-24(40-23)27-26-22(6-8-33-27)34-28(35-26)25-20-11-18(2-3-21(20)36-37-25)19-10-17(12-32-13-19)14-38-9-7-29(30,31)15-38/h2-6,8,10-13H,7,9,14-15H2,1H3,(H,34,35)(H,36,37). The molecule has 5 aromatic heterocycles. The molecule has 0 atom stereocenters. The van der Waals surface area contributed by atoms with Crippen molar-refractivity contribution in [3.63, 3.8) is 0 Å². The van der Waals surface area contributed by atoms with Gasteiger partial charge in [0.05, 0.1) is 27.3 Å². The van der Waals surface area contributed by atoms with Gasteiger partial charge < -0.3 is 4.98 Å². The Bertz CT molecular complexity index is 1910. The van der Waals surface area contributed by atoms with Crippen molar-refractivity contribution in [3.8, 4) is 33.2 Å². The molecular weight excluding hydrogens is 532 g/mol. The normalized spacial score (nSPS) is 15.4. The highest BCUT2D eigenvalue weighted by Gasteiger charge is 2.37. The van der Waals surface area contributed by atoms with Crippen LogP contribution >= 0.6 is 11.3 Å². The number of likely N-dealkylation sites (tertiary alicyclic amines) is 1. The van der Waals surface area contributed by atoms with Gasteiger partial charge in [-0.25, -0.2) is 13.8 Å². The molecule has 40 heavy (non-hydrogen) atoms. The lowest BCUT2D eigenvalue weighted by Gasteiger charge is -2.15. The summed E-state index contributed by atoms with van der Waals surface area (Å²) < 4.78 is 27.3. The van der Waals surface area contributed by atoms with Crippen LogP contribution in [0.4, 0.5) is 8.78 Å². The lowest BCUT2D eigenvalue weighted by Crippen LogP contribution is -2.24. The molecule has 0 unspecified atom stereocenters. The van der Waals surface area contributed by atoms with E-state index in [1.54, 1.807) is 30.4 Å². The van der Waals surface area contributed by atoms with E-state index in [0.29, 0.717) is 40.7 Å². The molecular formula is C29H23F2N7OS. The maximum absolute atomic E-state index is 13.7. The molecule has 0 radical (unpaired) electrons. The summed E-state index contributed by atoms with van der Waals surface area (Å²) in [6, 6.07) is 13.5. The van der Waals surface area contributed by atoms with E-state index in [2.05, 4.69) is 25.1 Å². The molecule has 1 fully saturated rings. The van der Waals surface area contributed by atoms with Gasteiger partial charge in [0.15, 0.2) is 11.6 Å². The van der Waals surface area contributed by atoms with Crippen LogP contribution < -0.4 is 0 Å². The van der Waals surface area contributed by atoms with Crippen molar-refractivity contribution in [3.05, 3.63) is 71.5 Å². The monoisotopic (exact) mass is 555 g/mol. The fourth-order valence-electron chi connectivity index (χ4n) is 5.19. The highest BCUT2D eigenvalue weighted by molar-refractivity contribution is 7.17. The first-order valence-electron chi connectivity index (χ1n) is 12.8. The minimum Gasteiger partial charge on any atom is -0.336 e. The molecule has 6 aromatic rings. The molecule has 1 saturated heterocycles. The van der Waals surface area contributed by atoms with Gasteiger partial charge in [-0.05, 0) is 54.4 Å². The molecule has 7 rings (SSSR count). The molecule has 8 nitrogen and oxygen atoms in total. The molecule has 6 heterocycles. The van der Waals surface area contributed by atoms with Crippen LogP contribution in [0.3, 0.4) is 0 Å². The van der Waals surface area contributed by atoms with E-state index >= 15 is 0 Å². The number of benzene rings is 1. The van der Waals surface area contributed by atoms with E-state index in [9.17, 15) is 13.6 Å². The van der Waals surface area contributed by atoms with E-state index in [0.717, 1.165) is 38.0 Å². The Morgan fingerprint density at radius 1 is 1.07 bits per heavy atom. The van der Waals surface area contributed by atoms with Crippen molar-refractivity contribution in [2.24, 2.45) is 0 Å². The number of alkyl halides is 2. The van der Waals surface area contributed by atoms with Crippen LogP contribution in [-0.2, 0) is 6.54 Å². The van der Waals surface area contributed by atoms with Crippen LogP contribution in [0.15, 0.2) is 61.1 Å². The number of hydrogen-bond donors (Lipinski definition) is 2. The number of carbonyl (C=O) groups is 1. The average molecular weight is 556 g/mol. The highest BCUT2D eigenvalue weighted by Crippen LogP contribution is 2.35. The van der Waals surface area contributed by atoms with Gasteiger partial charge in [0.25, 0.3) is 5.92 Å². The quantitative estimate of drug-likeness (QED) is 0.233. The molecule has 200 valence electrons. The van der Waals surface area contributed by atoms with Crippen molar-refractivity contribution in [2.75, 3.05) is 13.1 Å². The smallest absolute Gasteiger partial charge is 0.261 e. The second-order valence-electron chi connectivity index (χ2n) is 10.1. The fourth-order valence-corrected chi connectivity index (χ4v) is 6.09. The number of ketones is 1. The number of hydrogen-bond acceptors (Lipinski definition) is 7. The Labute approximate surface area is 231 Å². The van der Waals surface area contributed by atoms with E-state index in [1.165, 1.54) is 11.3 Å². The summed E-state index contributed by atoms with van der Waals surface area (Å²) in [5.41, 5.74) is 6.46. The van der Waals surface area contributed by atoms with E-state index in [1.807, 2.05) is 42.5 Å². The van der Waals surface area contributed by atoms with Crippen molar-refractivity contribution < 1.29 is 13.6 Å². The molecule has 11 heteroatoms. The molecule has 0 amide bonds. The third kappa shape index (κ3) is 4.46. The van der Waals surface area contributed by atoms with Gasteiger partial charge in [-0.15, -0.1) is 11.3 Å².